The van der Waals surface area contributed by atoms with Crippen molar-refractivity contribution in [3.8, 4) is 11.8 Å². The van der Waals surface area contributed by atoms with Crippen LogP contribution in [0.4, 0.5) is 13.2 Å². The topological polar surface area (TPSA) is 109 Å². The Labute approximate surface area is 157 Å². The molecular formula is C17H15F3N4O4. The van der Waals surface area contributed by atoms with Crippen molar-refractivity contribution in [3.63, 3.8) is 0 Å². The molecule has 0 atom stereocenters. The van der Waals surface area contributed by atoms with Crippen LogP contribution < -0.4 is 5.73 Å². The Kier molecular flexibility index (Phi) is 6.73. The number of primary amides is 1. The fourth-order valence-corrected chi connectivity index (χ4v) is 1.89. The largest absolute Gasteiger partial charge is 0.463 e. The van der Waals surface area contributed by atoms with Crippen LogP contribution in [0, 0.1) is 11.8 Å². The summed E-state index contributed by atoms with van der Waals surface area (Å²) in [5, 5.41) is 3.85. The predicted octanol–water partition coefficient (Wildman–Crippen LogP) is 1.33. The van der Waals surface area contributed by atoms with Crippen molar-refractivity contribution in [1.29, 1.82) is 0 Å². The van der Waals surface area contributed by atoms with Crippen LogP contribution in [0.5, 0.6) is 0 Å². The molecule has 0 saturated carbocycles. The standard InChI is InChI=1S/C17H15F3N4O4/c1-11(25)28-9-8-27-10-24-14(22-16(23-24)15(21)26)7-4-12-2-5-13(6-3-12)17(18,19)20/h2-3,5-6H,8-10H2,1H3,(H2,21,26). The molecule has 0 aliphatic carbocycles. The quantitative estimate of drug-likeness (QED) is 0.448. The summed E-state index contributed by atoms with van der Waals surface area (Å²) in [6.45, 7) is 1.19. The molecule has 1 heterocycles. The van der Waals surface area contributed by atoms with Gasteiger partial charge in [-0.25, -0.2) is 4.68 Å². The average molecular weight is 396 g/mol. The fraction of sp³-hybridized carbons (Fsp3) is 0.294. The second-order valence-electron chi connectivity index (χ2n) is 5.33. The second kappa shape index (κ2) is 9.01. The first kappa shape index (κ1) is 20.9. The van der Waals surface area contributed by atoms with E-state index in [2.05, 4.69) is 21.9 Å². The zero-order valence-corrected chi connectivity index (χ0v) is 14.6. The lowest BCUT2D eigenvalue weighted by Crippen LogP contribution is -2.15. The van der Waals surface area contributed by atoms with Crippen molar-refractivity contribution < 1.29 is 32.2 Å². The average Bonchev–Trinajstić information content (AvgIpc) is 3.02. The van der Waals surface area contributed by atoms with Gasteiger partial charge in [-0.05, 0) is 30.2 Å². The molecular weight excluding hydrogens is 381 g/mol. The molecule has 28 heavy (non-hydrogen) atoms. The van der Waals surface area contributed by atoms with E-state index < -0.39 is 23.6 Å². The van der Waals surface area contributed by atoms with E-state index in [4.69, 9.17) is 15.2 Å². The highest BCUT2D eigenvalue weighted by Gasteiger charge is 2.29. The van der Waals surface area contributed by atoms with Gasteiger partial charge >= 0.3 is 12.1 Å². The van der Waals surface area contributed by atoms with Gasteiger partial charge in [0.15, 0.2) is 0 Å². The number of aromatic nitrogens is 3. The highest BCUT2D eigenvalue weighted by Crippen LogP contribution is 2.28. The number of esters is 1. The van der Waals surface area contributed by atoms with Gasteiger partial charge in [-0.1, -0.05) is 5.92 Å². The van der Waals surface area contributed by atoms with Crippen molar-refractivity contribution in [3.05, 3.63) is 47.0 Å². The third-order valence-corrected chi connectivity index (χ3v) is 3.17. The van der Waals surface area contributed by atoms with Crippen molar-refractivity contribution in [1.82, 2.24) is 14.8 Å². The number of benzene rings is 1. The molecule has 2 aromatic rings. The lowest BCUT2D eigenvalue weighted by Gasteiger charge is -2.05. The van der Waals surface area contributed by atoms with Crippen molar-refractivity contribution in [2.45, 2.75) is 19.8 Å². The molecule has 148 valence electrons. The summed E-state index contributed by atoms with van der Waals surface area (Å²) >= 11 is 0. The van der Waals surface area contributed by atoms with Crippen LogP contribution in [-0.2, 0) is 27.2 Å². The maximum absolute atomic E-state index is 12.6. The van der Waals surface area contributed by atoms with Gasteiger partial charge in [0, 0.05) is 12.5 Å². The van der Waals surface area contributed by atoms with Crippen molar-refractivity contribution in [2.24, 2.45) is 5.73 Å². The highest BCUT2D eigenvalue weighted by molar-refractivity contribution is 5.88. The monoisotopic (exact) mass is 396 g/mol. The molecule has 1 amide bonds. The number of hydrogen-bond acceptors (Lipinski definition) is 6. The summed E-state index contributed by atoms with van der Waals surface area (Å²) in [7, 11) is 0. The molecule has 0 aliphatic heterocycles. The fourth-order valence-electron chi connectivity index (χ4n) is 1.89. The highest BCUT2D eigenvalue weighted by atomic mass is 19.4. The molecule has 8 nitrogen and oxygen atoms in total. The lowest BCUT2D eigenvalue weighted by molar-refractivity contribution is -0.143. The van der Waals surface area contributed by atoms with Gasteiger partial charge in [0.25, 0.3) is 5.91 Å². The van der Waals surface area contributed by atoms with E-state index >= 15 is 0 Å². The van der Waals surface area contributed by atoms with E-state index in [-0.39, 0.29) is 31.6 Å². The molecule has 0 fully saturated rings. The van der Waals surface area contributed by atoms with Gasteiger partial charge in [-0.2, -0.15) is 18.2 Å². The maximum Gasteiger partial charge on any atom is 0.416 e. The number of rotatable bonds is 6. The van der Waals surface area contributed by atoms with Crippen molar-refractivity contribution in [2.75, 3.05) is 13.2 Å². The molecule has 0 bridgehead atoms. The molecule has 2 rings (SSSR count). The molecule has 0 spiro atoms. The number of alkyl halides is 3. The normalized spacial score (nSPS) is 10.9. The van der Waals surface area contributed by atoms with Crippen LogP contribution in [0.25, 0.3) is 0 Å². The van der Waals surface area contributed by atoms with E-state index in [1.807, 2.05) is 0 Å². The number of hydrogen-bond donors (Lipinski definition) is 1. The lowest BCUT2D eigenvalue weighted by atomic mass is 10.1. The van der Waals surface area contributed by atoms with E-state index in [9.17, 15) is 22.8 Å². The zero-order chi connectivity index (χ0) is 20.7. The molecule has 11 heteroatoms. The SMILES string of the molecule is CC(=O)OCCOCn1nc(C(N)=O)nc1C#Cc1ccc(C(F)(F)F)cc1. The van der Waals surface area contributed by atoms with Gasteiger partial charge in [-0.3, -0.25) is 9.59 Å². The third-order valence-electron chi connectivity index (χ3n) is 3.17. The number of ether oxygens (including phenoxy) is 2. The van der Waals surface area contributed by atoms with Gasteiger partial charge in [-0.15, -0.1) is 5.10 Å². The van der Waals surface area contributed by atoms with E-state index in [0.29, 0.717) is 5.56 Å². The Morgan fingerprint density at radius 1 is 1.18 bits per heavy atom. The molecule has 1 aromatic heterocycles. The van der Waals surface area contributed by atoms with Crippen molar-refractivity contribution >= 4 is 11.9 Å². The predicted molar refractivity (Wildman–Crippen MR) is 88.5 cm³/mol. The number of nitrogens with two attached hydrogens (primary N) is 1. The van der Waals surface area contributed by atoms with Crippen LogP contribution in [0.15, 0.2) is 24.3 Å². The van der Waals surface area contributed by atoms with E-state index in [1.54, 1.807) is 0 Å². The Hall–Kier alpha value is -3.39. The molecule has 1 aromatic carbocycles. The van der Waals surface area contributed by atoms with E-state index in [1.165, 1.54) is 19.1 Å². The number of carbonyl (C=O) groups excluding carboxylic acids is 2. The van der Waals surface area contributed by atoms with Crippen LogP contribution in [0.3, 0.4) is 0 Å². The van der Waals surface area contributed by atoms with Crippen LogP contribution in [-0.4, -0.2) is 39.9 Å². The van der Waals surface area contributed by atoms with Gasteiger partial charge in [0.2, 0.25) is 11.6 Å². The minimum absolute atomic E-state index is 0.0271. The van der Waals surface area contributed by atoms with E-state index in [0.717, 1.165) is 16.8 Å². The number of amides is 1. The molecule has 0 radical (unpaired) electrons. The first-order valence-corrected chi connectivity index (χ1v) is 7.82. The number of carbonyl (C=O) groups is 2. The Morgan fingerprint density at radius 3 is 2.43 bits per heavy atom. The molecule has 0 unspecified atom stereocenters. The first-order valence-electron chi connectivity index (χ1n) is 7.82. The summed E-state index contributed by atoms with van der Waals surface area (Å²) in [6.07, 6.45) is -4.44. The smallest absolute Gasteiger partial charge is 0.416 e. The van der Waals surface area contributed by atoms with Crippen LogP contribution in [0.2, 0.25) is 0 Å². The Bertz CT molecular complexity index is 911. The summed E-state index contributed by atoms with van der Waals surface area (Å²) < 4.78 is 48.8. The van der Waals surface area contributed by atoms with Crippen LogP contribution >= 0.6 is 0 Å². The molecule has 2 N–H and O–H groups in total. The first-order chi connectivity index (χ1) is 13.2. The second-order valence-corrected chi connectivity index (χ2v) is 5.33. The Morgan fingerprint density at radius 2 is 1.86 bits per heavy atom. The summed E-state index contributed by atoms with van der Waals surface area (Å²) in [4.78, 5) is 25.8. The zero-order valence-electron chi connectivity index (χ0n) is 14.6. The molecule has 0 saturated heterocycles. The summed E-state index contributed by atoms with van der Waals surface area (Å²) in [6, 6.07) is 4.23. The Balaban J connectivity index is 2.13. The summed E-state index contributed by atoms with van der Waals surface area (Å²) in [5.41, 5.74) is 4.65. The van der Waals surface area contributed by atoms with Gasteiger partial charge < -0.3 is 15.2 Å². The minimum Gasteiger partial charge on any atom is -0.463 e. The van der Waals surface area contributed by atoms with Gasteiger partial charge in [0.1, 0.15) is 13.3 Å². The molecule has 0 aliphatic rings. The number of nitrogens with zero attached hydrogens (tertiary/aromatic N) is 3. The third kappa shape index (κ3) is 6.10. The van der Waals surface area contributed by atoms with Crippen LogP contribution in [0.1, 0.15) is 34.5 Å². The summed E-state index contributed by atoms with van der Waals surface area (Å²) in [5.74, 6) is 3.64. The van der Waals surface area contributed by atoms with Gasteiger partial charge in [0.05, 0.1) is 12.2 Å². The number of halogens is 3. The maximum atomic E-state index is 12.6. The minimum atomic E-state index is -4.44.